The Morgan fingerprint density at radius 1 is 1.33 bits per heavy atom. The molecule has 1 aliphatic rings. The second kappa shape index (κ2) is 4.78. The first-order valence-electron chi connectivity index (χ1n) is 6.22. The van der Waals surface area contributed by atoms with Crippen LogP contribution in [-0.2, 0) is 20.1 Å². The average molecular weight is 243 g/mol. The standard InChI is InChI=1S/C13H17N5/c1-17-9-12(15-16-17)10-18-7-6-14-8-11-4-2-3-5-13(11)18/h2-5,9,14H,6-8,10H2,1H3. The molecule has 0 bridgehead atoms. The van der Waals surface area contributed by atoms with Crippen LogP contribution in [-0.4, -0.2) is 28.1 Å². The highest BCUT2D eigenvalue weighted by Crippen LogP contribution is 2.23. The molecule has 1 aliphatic heterocycles. The van der Waals surface area contributed by atoms with Crippen molar-refractivity contribution in [3.8, 4) is 0 Å². The van der Waals surface area contributed by atoms with Crippen LogP contribution in [0.4, 0.5) is 5.69 Å². The van der Waals surface area contributed by atoms with E-state index in [2.05, 4.69) is 44.8 Å². The first-order chi connectivity index (χ1) is 8.83. The lowest BCUT2D eigenvalue weighted by atomic mass is 10.1. The molecule has 94 valence electrons. The topological polar surface area (TPSA) is 46.0 Å². The minimum absolute atomic E-state index is 0.812. The number of nitrogens with one attached hydrogen (secondary N) is 1. The predicted molar refractivity (Wildman–Crippen MR) is 70.2 cm³/mol. The molecule has 0 spiro atoms. The number of anilines is 1. The highest BCUT2D eigenvalue weighted by Gasteiger charge is 2.15. The molecule has 18 heavy (non-hydrogen) atoms. The molecular formula is C13H17N5. The average Bonchev–Trinajstić information content (AvgIpc) is 2.68. The van der Waals surface area contributed by atoms with Crippen molar-refractivity contribution in [1.29, 1.82) is 0 Å². The van der Waals surface area contributed by atoms with Gasteiger partial charge < -0.3 is 10.2 Å². The molecule has 0 fully saturated rings. The van der Waals surface area contributed by atoms with Crippen molar-refractivity contribution in [2.45, 2.75) is 13.1 Å². The van der Waals surface area contributed by atoms with Gasteiger partial charge >= 0.3 is 0 Å². The number of para-hydroxylation sites is 1. The van der Waals surface area contributed by atoms with Gasteiger partial charge in [-0.3, -0.25) is 4.68 Å². The second-order valence-corrected chi connectivity index (χ2v) is 4.61. The van der Waals surface area contributed by atoms with Crippen molar-refractivity contribution in [2.24, 2.45) is 7.05 Å². The first-order valence-corrected chi connectivity index (χ1v) is 6.22. The Kier molecular flexibility index (Phi) is 2.98. The maximum absolute atomic E-state index is 4.16. The van der Waals surface area contributed by atoms with E-state index in [1.165, 1.54) is 11.3 Å². The molecule has 0 saturated carbocycles. The predicted octanol–water partition coefficient (Wildman–Crippen LogP) is 0.925. The van der Waals surface area contributed by atoms with E-state index in [9.17, 15) is 0 Å². The Labute approximate surface area is 106 Å². The van der Waals surface area contributed by atoms with Crippen LogP contribution < -0.4 is 10.2 Å². The molecule has 0 amide bonds. The zero-order valence-electron chi connectivity index (χ0n) is 10.5. The molecule has 5 nitrogen and oxygen atoms in total. The molecule has 1 N–H and O–H groups in total. The largest absolute Gasteiger partial charge is 0.364 e. The summed E-state index contributed by atoms with van der Waals surface area (Å²) >= 11 is 0. The zero-order chi connectivity index (χ0) is 12.4. The van der Waals surface area contributed by atoms with Crippen LogP contribution in [0.5, 0.6) is 0 Å². The molecule has 5 heteroatoms. The van der Waals surface area contributed by atoms with Gasteiger partial charge in [0.25, 0.3) is 0 Å². The van der Waals surface area contributed by atoms with Crippen LogP contribution in [0.3, 0.4) is 0 Å². The van der Waals surface area contributed by atoms with Crippen LogP contribution >= 0.6 is 0 Å². The second-order valence-electron chi connectivity index (χ2n) is 4.61. The van der Waals surface area contributed by atoms with Gasteiger partial charge in [-0.15, -0.1) is 5.10 Å². The van der Waals surface area contributed by atoms with Crippen LogP contribution in [0.2, 0.25) is 0 Å². The molecule has 0 atom stereocenters. The molecule has 0 unspecified atom stereocenters. The molecule has 0 saturated heterocycles. The first kappa shape index (κ1) is 11.2. The Morgan fingerprint density at radius 3 is 3.06 bits per heavy atom. The maximum atomic E-state index is 4.16. The van der Waals surface area contributed by atoms with Crippen molar-refractivity contribution < 1.29 is 0 Å². The summed E-state index contributed by atoms with van der Waals surface area (Å²) < 4.78 is 1.75. The highest BCUT2D eigenvalue weighted by atomic mass is 15.4. The van der Waals surface area contributed by atoms with Gasteiger partial charge in [0.05, 0.1) is 6.54 Å². The fourth-order valence-electron chi connectivity index (χ4n) is 2.35. The lowest BCUT2D eigenvalue weighted by Crippen LogP contribution is -2.28. The Bertz CT molecular complexity index is 534. The van der Waals surface area contributed by atoms with Gasteiger partial charge in [-0.25, -0.2) is 0 Å². The number of hydrogen-bond donors (Lipinski definition) is 1. The van der Waals surface area contributed by atoms with E-state index in [-0.39, 0.29) is 0 Å². The van der Waals surface area contributed by atoms with Crippen LogP contribution in [0.15, 0.2) is 30.5 Å². The molecule has 1 aromatic heterocycles. The zero-order valence-corrected chi connectivity index (χ0v) is 10.5. The molecule has 2 aromatic rings. The molecule has 3 rings (SSSR count). The summed E-state index contributed by atoms with van der Waals surface area (Å²) in [4.78, 5) is 2.36. The van der Waals surface area contributed by atoms with Gasteiger partial charge in [-0.2, -0.15) is 0 Å². The summed E-state index contributed by atoms with van der Waals surface area (Å²) in [5.74, 6) is 0. The molecule has 0 radical (unpaired) electrons. The maximum Gasteiger partial charge on any atom is 0.102 e. The van der Waals surface area contributed by atoms with Crippen molar-refractivity contribution in [1.82, 2.24) is 20.3 Å². The summed E-state index contributed by atoms with van der Waals surface area (Å²) in [5, 5.41) is 11.6. The fourth-order valence-corrected chi connectivity index (χ4v) is 2.35. The van der Waals surface area contributed by atoms with Gasteiger partial charge in [0.2, 0.25) is 0 Å². The van der Waals surface area contributed by atoms with Gasteiger partial charge in [0, 0.05) is 38.6 Å². The third-order valence-corrected chi connectivity index (χ3v) is 3.21. The number of aryl methyl sites for hydroxylation is 1. The van der Waals surface area contributed by atoms with E-state index < -0.39 is 0 Å². The molecule has 1 aromatic carbocycles. The van der Waals surface area contributed by atoms with E-state index in [0.29, 0.717) is 0 Å². The number of fused-ring (bicyclic) bond motifs is 1. The number of benzene rings is 1. The molecular weight excluding hydrogens is 226 g/mol. The number of aromatic nitrogens is 3. The van der Waals surface area contributed by atoms with Crippen molar-refractivity contribution in [3.05, 3.63) is 41.7 Å². The van der Waals surface area contributed by atoms with Gasteiger partial charge in [0.15, 0.2) is 0 Å². The third-order valence-electron chi connectivity index (χ3n) is 3.21. The Balaban J connectivity index is 1.87. The minimum atomic E-state index is 0.812. The monoisotopic (exact) mass is 243 g/mol. The van der Waals surface area contributed by atoms with E-state index >= 15 is 0 Å². The third kappa shape index (κ3) is 2.22. The molecule has 2 heterocycles. The van der Waals surface area contributed by atoms with Gasteiger partial charge in [-0.1, -0.05) is 23.4 Å². The summed E-state index contributed by atoms with van der Waals surface area (Å²) in [5.41, 5.74) is 3.65. The summed E-state index contributed by atoms with van der Waals surface area (Å²) in [6.45, 7) is 3.74. The SMILES string of the molecule is Cn1cc(CN2CCNCc3ccccc32)nn1. The van der Waals surface area contributed by atoms with E-state index in [4.69, 9.17) is 0 Å². The van der Waals surface area contributed by atoms with Crippen LogP contribution in [0, 0.1) is 0 Å². The van der Waals surface area contributed by atoms with Gasteiger partial charge in [-0.05, 0) is 11.6 Å². The summed E-state index contributed by atoms with van der Waals surface area (Å²) in [6, 6.07) is 8.54. The lowest BCUT2D eigenvalue weighted by molar-refractivity contribution is 0.683. The number of hydrogen-bond acceptors (Lipinski definition) is 4. The number of nitrogens with zero attached hydrogens (tertiary/aromatic N) is 4. The summed E-state index contributed by atoms with van der Waals surface area (Å²) in [7, 11) is 1.90. The lowest BCUT2D eigenvalue weighted by Gasteiger charge is -2.23. The van der Waals surface area contributed by atoms with Crippen molar-refractivity contribution in [3.63, 3.8) is 0 Å². The normalized spacial score (nSPS) is 15.3. The Hall–Kier alpha value is -1.88. The number of rotatable bonds is 2. The summed E-state index contributed by atoms with van der Waals surface area (Å²) in [6.07, 6.45) is 1.97. The quantitative estimate of drug-likeness (QED) is 0.852. The fraction of sp³-hybridized carbons (Fsp3) is 0.385. The van der Waals surface area contributed by atoms with Gasteiger partial charge in [0.1, 0.15) is 5.69 Å². The van der Waals surface area contributed by atoms with Crippen LogP contribution in [0.1, 0.15) is 11.3 Å². The molecule has 0 aliphatic carbocycles. The van der Waals surface area contributed by atoms with Crippen LogP contribution in [0.25, 0.3) is 0 Å². The van der Waals surface area contributed by atoms with E-state index in [1.807, 2.05) is 13.2 Å². The van der Waals surface area contributed by atoms with Crippen molar-refractivity contribution >= 4 is 5.69 Å². The van der Waals surface area contributed by atoms with Crippen molar-refractivity contribution in [2.75, 3.05) is 18.0 Å². The van der Waals surface area contributed by atoms with E-state index in [1.54, 1.807) is 4.68 Å². The minimum Gasteiger partial charge on any atom is -0.364 e. The Morgan fingerprint density at radius 2 is 2.22 bits per heavy atom. The highest BCUT2D eigenvalue weighted by molar-refractivity contribution is 5.54. The smallest absolute Gasteiger partial charge is 0.102 e. The van der Waals surface area contributed by atoms with E-state index in [0.717, 1.165) is 31.9 Å².